The third-order valence-corrected chi connectivity index (χ3v) is 10.4. The van der Waals surface area contributed by atoms with Gasteiger partial charge in [0.2, 0.25) is 18.2 Å². The predicted octanol–water partition coefficient (Wildman–Crippen LogP) is 5.34. The number of carbonyl (C=O) groups is 3. The predicted molar refractivity (Wildman–Crippen MR) is 207 cm³/mol. The first-order valence-corrected chi connectivity index (χ1v) is 19.3. The van der Waals surface area contributed by atoms with Gasteiger partial charge in [-0.1, -0.05) is 74.5 Å². The van der Waals surface area contributed by atoms with E-state index in [4.69, 9.17) is 23.9 Å². The van der Waals surface area contributed by atoms with Crippen LogP contribution in [0.5, 0.6) is 0 Å². The number of allylic oxidation sites excluding steroid dienone is 1. The Labute approximate surface area is 325 Å². The number of nitrogens with one attached hydrogen (secondary N) is 5. The number of likely N-dealkylation sites (tertiary alicyclic amines) is 1. The van der Waals surface area contributed by atoms with Gasteiger partial charge in [-0.05, 0) is 60.3 Å². The van der Waals surface area contributed by atoms with Crippen LogP contribution >= 0.6 is 0 Å². The first-order chi connectivity index (χ1) is 27.3. The number of aromatic nitrogens is 4. The lowest BCUT2D eigenvalue weighted by Crippen LogP contribution is -2.56. The van der Waals surface area contributed by atoms with Crippen LogP contribution < -0.4 is 16.0 Å². The van der Waals surface area contributed by atoms with Crippen molar-refractivity contribution >= 4 is 17.9 Å². The summed E-state index contributed by atoms with van der Waals surface area (Å²) in [6, 6.07) is 14.8. The van der Waals surface area contributed by atoms with Gasteiger partial charge in [0.05, 0.1) is 55.6 Å². The molecule has 0 unspecified atom stereocenters. The molecule has 2 aromatic heterocycles. The minimum Gasteiger partial charge on any atom is -0.453 e. The van der Waals surface area contributed by atoms with Crippen molar-refractivity contribution in [2.45, 2.75) is 76.5 Å². The topological polar surface area (TPSA) is 185 Å². The number of rotatable bonds is 10. The number of amides is 3. The standard InChI is InChI=1S/C41H50N8O7/c1-25(2)35(48-41-55-24-56-41)39(51)49-19-7-9-34(49)37-43-23-33(45-37)29-16-12-27(13-17-29)26-10-14-28(15-11-26)32-22-42-36(44-32)30-18-21-54-20-6-4-5-8-31(38(50)46-30)47-40(52)53-3/h4,6,10-17,22-23,25,30-31,34-35,41,48H,5,7-9,18-21,24H2,1-3H3,(H,42,44)(H,43,45)(H,46,50)(H,47,52)/b6-4-/t30-,31+,34-,35-/m0/s1. The highest BCUT2D eigenvalue weighted by Crippen LogP contribution is 2.34. The van der Waals surface area contributed by atoms with Gasteiger partial charge in [-0.3, -0.25) is 14.9 Å². The summed E-state index contributed by atoms with van der Waals surface area (Å²) in [5, 5.41) is 8.87. The first kappa shape index (κ1) is 38.9. The van der Waals surface area contributed by atoms with Gasteiger partial charge >= 0.3 is 6.09 Å². The van der Waals surface area contributed by atoms with E-state index in [0.717, 1.165) is 52.3 Å². The zero-order valence-electron chi connectivity index (χ0n) is 32.0. The molecule has 4 atom stereocenters. The smallest absolute Gasteiger partial charge is 0.407 e. The van der Waals surface area contributed by atoms with Crippen molar-refractivity contribution < 1.29 is 33.3 Å². The number of alkyl carbamates (subject to hydrolysis) is 1. The number of nitrogens with zero attached hydrogens (tertiary/aromatic N) is 3. The van der Waals surface area contributed by atoms with Crippen LogP contribution in [-0.4, -0.2) is 94.9 Å². The SMILES string of the molecule is COC(=O)N[C@@H]1CC/C=C\COCC[C@@H](c2ncc(-c3ccc(-c4ccc(-c5cnc([C@@H]6CCCN6C(=O)[C@@H](NC6OCO6)C(C)C)[nH]5)cc4)cc3)[nH]2)NC1=O. The van der Waals surface area contributed by atoms with Crippen molar-refractivity contribution in [3.8, 4) is 33.6 Å². The fourth-order valence-electron chi connectivity index (χ4n) is 7.24. The molecule has 2 fully saturated rings. The Morgan fingerprint density at radius 2 is 1.52 bits per heavy atom. The molecule has 296 valence electrons. The second-order valence-electron chi connectivity index (χ2n) is 14.5. The van der Waals surface area contributed by atoms with Gasteiger partial charge < -0.3 is 44.4 Å². The minimum absolute atomic E-state index is 0.0282. The van der Waals surface area contributed by atoms with Crippen LogP contribution in [0, 0.1) is 5.92 Å². The summed E-state index contributed by atoms with van der Waals surface area (Å²) in [5.41, 5.74) is 5.76. The Morgan fingerprint density at radius 3 is 2.14 bits per heavy atom. The molecule has 3 aliphatic rings. The third-order valence-electron chi connectivity index (χ3n) is 10.4. The average Bonchev–Trinajstić information content (AvgIpc) is 3.99. The molecular formula is C41H50N8O7. The van der Waals surface area contributed by atoms with Crippen LogP contribution in [-0.2, 0) is 28.5 Å². The van der Waals surface area contributed by atoms with Crippen molar-refractivity contribution in [1.82, 2.24) is 40.8 Å². The van der Waals surface area contributed by atoms with Gasteiger partial charge in [-0.15, -0.1) is 0 Å². The van der Waals surface area contributed by atoms with Gasteiger partial charge in [0.1, 0.15) is 17.7 Å². The van der Waals surface area contributed by atoms with Crippen LogP contribution in [0.4, 0.5) is 4.79 Å². The summed E-state index contributed by atoms with van der Waals surface area (Å²) in [6.45, 7) is 5.83. The summed E-state index contributed by atoms with van der Waals surface area (Å²) in [7, 11) is 1.27. The summed E-state index contributed by atoms with van der Waals surface area (Å²) < 4.78 is 21.2. The molecule has 2 aromatic carbocycles. The van der Waals surface area contributed by atoms with E-state index in [1.54, 1.807) is 6.20 Å². The third kappa shape index (κ3) is 9.19. The fraction of sp³-hybridized carbons (Fsp3) is 0.439. The van der Waals surface area contributed by atoms with E-state index < -0.39 is 30.6 Å². The average molecular weight is 767 g/mol. The van der Waals surface area contributed by atoms with Crippen molar-refractivity contribution in [2.75, 3.05) is 33.7 Å². The van der Waals surface area contributed by atoms with E-state index in [1.165, 1.54) is 7.11 Å². The zero-order chi connectivity index (χ0) is 39.0. The maximum Gasteiger partial charge on any atom is 0.407 e. The highest BCUT2D eigenvalue weighted by molar-refractivity contribution is 5.86. The molecule has 7 rings (SSSR count). The lowest BCUT2D eigenvalue weighted by atomic mass is 10.0. The van der Waals surface area contributed by atoms with Crippen LogP contribution in [0.15, 0.2) is 73.1 Å². The van der Waals surface area contributed by atoms with Crippen LogP contribution in [0.2, 0.25) is 0 Å². The Hall–Kier alpha value is -5.35. The van der Waals surface area contributed by atoms with E-state index >= 15 is 0 Å². The Bertz CT molecular complexity index is 1970. The molecule has 3 aliphatic heterocycles. The number of hydrogen-bond acceptors (Lipinski definition) is 10. The minimum atomic E-state index is -0.752. The van der Waals surface area contributed by atoms with E-state index in [0.29, 0.717) is 44.8 Å². The van der Waals surface area contributed by atoms with Gasteiger partial charge in [0.15, 0.2) is 6.79 Å². The molecule has 5 N–H and O–H groups in total. The normalized spacial score (nSPS) is 22.0. The van der Waals surface area contributed by atoms with E-state index in [2.05, 4.69) is 67.3 Å². The monoisotopic (exact) mass is 766 g/mol. The molecule has 0 aliphatic carbocycles. The lowest BCUT2D eigenvalue weighted by molar-refractivity contribution is -0.335. The molecular weight excluding hydrogens is 716 g/mol. The van der Waals surface area contributed by atoms with Crippen molar-refractivity contribution in [3.05, 3.63) is 84.7 Å². The van der Waals surface area contributed by atoms with Gasteiger partial charge in [0, 0.05) is 13.2 Å². The number of methoxy groups -OCH3 is 1. The van der Waals surface area contributed by atoms with Crippen LogP contribution in [0.3, 0.4) is 0 Å². The number of H-pyrrole nitrogens is 2. The Balaban J connectivity index is 0.995. The number of imidazole rings is 2. The summed E-state index contributed by atoms with van der Waals surface area (Å²) in [4.78, 5) is 57.0. The van der Waals surface area contributed by atoms with Crippen LogP contribution in [0.1, 0.15) is 69.7 Å². The second kappa shape index (κ2) is 18.1. The van der Waals surface area contributed by atoms with Crippen LogP contribution in [0.25, 0.3) is 33.6 Å². The summed E-state index contributed by atoms with van der Waals surface area (Å²) in [5.74, 6) is 1.16. The molecule has 4 aromatic rings. The molecule has 15 heteroatoms. The molecule has 3 amide bonds. The Morgan fingerprint density at radius 1 is 0.875 bits per heavy atom. The Kier molecular flexibility index (Phi) is 12.6. The molecule has 56 heavy (non-hydrogen) atoms. The first-order valence-electron chi connectivity index (χ1n) is 19.3. The molecule has 2 saturated heterocycles. The zero-order valence-corrected chi connectivity index (χ0v) is 32.0. The summed E-state index contributed by atoms with van der Waals surface area (Å²) in [6.07, 6.45) is 9.51. The molecule has 0 saturated carbocycles. The van der Waals surface area contributed by atoms with E-state index in [1.807, 2.05) is 49.2 Å². The number of ether oxygens (including phenoxy) is 4. The number of carbonyl (C=O) groups excluding carboxylic acids is 3. The van der Waals surface area contributed by atoms with E-state index in [9.17, 15) is 14.4 Å². The molecule has 0 spiro atoms. The van der Waals surface area contributed by atoms with E-state index in [-0.39, 0.29) is 30.6 Å². The molecule has 0 bridgehead atoms. The van der Waals surface area contributed by atoms with Gasteiger partial charge in [-0.25, -0.2) is 14.8 Å². The highest BCUT2D eigenvalue weighted by atomic mass is 16.9. The number of aromatic amines is 2. The molecule has 0 radical (unpaired) electrons. The maximum atomic E-state index is 13.7. The van der Waals surface area contributed by atoms with Crippen molar-refractivity contribution in [2.24, 2.45) is 5.92 Å². The summed E-state index contributed by atoms with van der Waals surface area (Å²) >= 11 is 0. The lowest BCUT2D eigenvalue weighted by Gasteiger charge is -2.35. The quantitative estimate of drug-likeness (QED) is 0.132. The van der Waals surface area contributed by atoms with Crippen molar-refractivity contribution in [1.29, 1.82) is 0 Å². The molecule has 5 heterocycles. The van der Waals surface area contributed by atoms with Crippen molar-refractivity contribution in [3.63, 3.8) is 0 Å². The fourth-order valence-corrected chi connectivity index (χ4v) is 7.24. The van der Waals surface area contributed by atoms with Gasteiger partial charge in [-0.2, -0.15) is 0 Å². The number of benzene rings is 2. The number of hydrogen-bond donors (Lipinski definition) is 5. The van der Waals surface area contributed by atoms with Gasteiger partial charge in [0.25, 0.3) is 0 Å². The molecule has 15 nitrogen and oxygen atoms in total. The second-order valence-corrected chi connectivity index (χ2v) is 14.5. The highest BCUT2D eigenvalue weighted by Gasteiger charge is 2.38. The maximum absolute atomic E-state index is 13.7. The largest absolute Gasteiger partial charge is 0.453 e.